The van der Waals surface area contributed by atoms with E-state index in [1.165, 1.54) is 0 Å². The highest BCUT2D eigenvalue weighted by molar-refractivity contribution is 6.36. The van der Waals surface area contributed by atoms with E-state index in [0.29, 0.717) is 0 Å². The SMILES string of the molecule is FC(F)(F)CNC/C(Cl)=C/Cl. The van der Waals surface area contributed by atoms with Crippen LogP contribution in [0, 0.1) is 0 Å². The third-order valence-corrected chi connectivity index (χ3v) is 1.36. The number of hydrogen-bond acceptors (Lipinski definition) is 1. The Morgan fingerprint density at radius 3 is 2.36 bits per heavy atom. The summed E-state index contributed by atoms with van der Waals surface area (Å²) >= 11 is 10.4. The van der Waals surface area contributed by atoms with E-state index in [2.05, 4.69) is 5.32 Å². The Labute approximate surface area is 72.2 Å². The lowest BCUT2D eigenvalue weighted by atomic mass is 10.5. The number of hydrogen-bond donors (Lipinski definition) is 1. The molecule has 6 heteroatoms. The first-order valence-electron chi connectivity index (χ1n) is 2.68. The largest absolute Gasteiger partial charge is 0.401 e. The van der Waals surface area contributed by atoms with E-state index in [-0.39, 0.29) is 11.6 Å². The third-order valence-electron chi connectivity index (χ3n) is 0.738. The number of nitrogens with one attached hydrogen (secondary N) is 1. The van der Waals surface area contributed by atoms with Gasteiger partial charge in [-0.1, -0.05) is 23.2 Å². The number of alkyl halides is 3. The van der Waals surface area contributed by atoms with Gasteiger partial charge in [0.05, 0.1) is 6.54 Å². The monoisotopic (exact) mass is 207 g/mol. The zero-order valence-electron chi connectivity index (χ0n) is 5.38. The van der Waals surface area contributed by atoms with Gasteiger partial charge in [0.1, 0.15) is 0 Å². The van der Waals surface area contributed by atoms with Gasteiger partial charge in [-0.25, -0.2) is 0 Å². The van der Waals surface area contributed by atoms with Crippen LogP contribution >= 0.6 is 23.2 Å². The van der Waals surface area contributed by atoms with E-state index in [4.69, 9.17) is 23.2 Å². The molecule has 0 amide bonds. The molecule has 0 unspecified atom stereocenters. The first-order chi connectivity index (χ1) is 4.95. The molecular weight excluding hydrogens is 202 g/mol. The molecule has 0 radical (unpaired) electrons. The second-order valence-corrected chi connectivity index (χ2v) is 2.48. The predicted molar refractivity (Wildman–Crippen MR) is 38.7 cm³/mol. The topological polar surface area (TPSA) is 12.0 Å². The molecule has 1 N–H and O–H groups in total. The molecule has 1 nitrogen and oxygen atoms in total. The van der Waals surface area contributed by atoms with Crippen molar-refractivity contribution in [3.8, 4) is 0 Å². The van der Waals surface area contributed by atoms with Gasteiger partial charge in [0.2, 0.25) is 0 Å². The molecule has 0 heterocycles. The van der Waals surface area contributed by atoms with Gasteiger partial charge in [0, 0.05) is 17.1 Å². The Kier molecular flexibility index (Phi) is 4.88. The first-order valence-corrected chi connectivity index (χ1v) is 3.49. The van der Waals surface area contributed by atoms with Crippen molar-refractivity contribution in [2.75, 3.05) is 13.1 Å². The van der Waals surface area contributed by atoms with Crippen molar-refractivity contribution in [2.45, 2.75) is 6.18 Å². The van der Waals surface area contributed by atoms with E-state index >= 15 is 0 Å². The minimum Gasteiger partial charge on any atom is -0.304 e. The van der Waals surface area contributed by atoms with Crippen LogP contribution in [0.25, 0.3) is 0 Å². The lowest BCUT2D eigenvalue weighted by Crippen LogP contribution is -2.29. The van der Waals surface area contributed by atoms with Gasteiger partial charge in [0.25, 0.3) is 0 Å². The van der Waals surface area contributed by atoms with Crippen LogP contribution < -0.4 is 5.32 Å². The smallest absolute Gasteiger partial charge is 0.304 e. The lowest BCUT2D eigenvalue weighted by molar-refractivity contribution is -0.124. The van der Waals surface area contributed by atoms with Gasteiger partial charge in [-0.15, -0.1) is 0 Å². The maximum absolute atomic E-state index is 11.5. The summed E-state index contributed by atoms with van der Waals surface area (Å²) in [4.78, 5) is 0. The van der Waals surface area contributed by atoms with Crippen LogP contribution in [-0.2, 0) is 0 Å². The first kappa shape index (κ1) is 11.1. The summed E-state index contributed by atoms with van der Waals surface area (Å²) in [5.41, 5.74) is 1.02. The highest BCUT2D eigenvalue weighted by Crippen LogP contribution is 2.12. The van der Waals surface area contributed by atoms with Gasteiger partial charge in [-0.3, -0.25) is 0 Å². The number of rotatable bonds is 3. The van der Waals surface area contributed by atoms with E-state index in [9.17, 15) is 13.2 Å². The molecule has 66 valence electrons. The second-order valence-electron chi connectivity index (χ2n) is 1.77. The molecule has 0 aliphatic heterocycles. The second kappa shape index (κ2) is 4.85. The van der Waals surface area contributed by atoms with Crippen LogP contribution in [0.15, 0.2) is 10.6 Å². The standard InChI is InChI=1S/C5H6Cl2F3N/c6-1-4(7)2-11-3-5(8,9)10/h1,11H,2-3H2/b4-1-. The maximum Gasteiger partial charge on any atom is 0.401 e. The van der Waals surface area contributed by atoms with Crippen molar-refractivity contribution < 1.29 is 13.2 Å². The molecule has 11 heavy (non-hydrogen) atoms. The average Bonchev–Trinajstić information content (AvgIpc) is 1.85. The number of halogens is 5. The third kappa shape index (κ3) is 7.97. The molecule has 0 fully saturated rings. The van der Waals surface area contributed by atoms with Crippen molar-refractivity contribution in [3.63, 3.8) is 0 Å². The van der Waals surface area contributed by atoms with Gasteiger partial charge in [-0.05, 0) is 0 Å². The van der Waals surface area contributed by atoms with Crippen LogP contribution in [0.1, 0.15) is 0 Å². The molecule has 0 aromatic carbocycles. The maximum atomic E-state index is 11.5. The highest BCUT2D eigenvalue weighted by Gasteiger charge is 2.25. The minimum atomic E-state index is -4.20. The summed E-state index contributed by atoms with van der Waals surface area (Å²) in [6, 6.07) is 0. The molecular formula is C5H6Cl2F3N. The van der Waals surface area contributed by atoms with E-state index in [0.717, 1.165) is 5.54 Å². The van der Waals surface area contributed by atoms with Crippen molar-refractivity contribution in [2.24, 2.45) is 0 Å². The Balaban J connectivity index is 3.43. The molecule has 0 aromatic heterocycles. The molecule has 0 bridgehead atoms. The quantitative estimate of drug-likeness (QED) is 0.750. The van der Waals surface area contributed by atoms with Crippen LogP contribution in [0.4, 0.5) is 13.2 Å². The van der Waals surface area contributed by atoms with Crippen molar-refractivity contribution in [1.29, 1.82) is 0 Å². The molecule has 0 aliphatic carbocycles. The minimum absolute atomic E-state index is 0.0649. The molecule has 0 spiro atoms. The molecule has 0 saturated carbocycles. The van der Waals surface area contributed by atoms with E-state index in [1.54, 1.807) is 0 Å². The summed E-state index contributed by atoms with van der Waals surface area (Å²) in [6.07, 6.45) is -4.20. The lowest BCUT2D eigenvalue weighted by Gasteiger charge is -2.06. The van der Waals surface area contributed by atoms with E-state index in [1.807, 2.05) is 0 Å². The highest BCUT2D eigenvalue weighted by atomic mass is 35.5. The zero-order chi connectivity index (χ0) is 8.91. The predicted octanol–water partition coefficient (Wildman–Crippen LogP) is 2.46. The summed E-state index contributed by atoms with van der Waals surface area (Å²) in [5.74, 6) is 0. The molecule has 0 aromatic rings. The molecule has 0 atom stereocenters. The van der Waals surface area contributed by atoms with E-state index < -0.39 is 12.7 Å². The fourth-order valence-corrected chi connectivity index (χ4v) is 0.534. The summed E-state index contributed by atoms with van der Waals surface area (Å²) in [7, 11) is 0. The normalized spacial score (nSPS) is 13.7. The Morgan fingerprint density at radius 2 is 2.00 bits per heavy atom. The van der Waals surface area contributed by atoms with Gasteiger partial charge in [-0.2, -0.15) is 13.2 Å². The van der Waals surface area contributed by atoms with Crippen LogP contribution in [0.5, 0.6) is 0 Å². The van der Waals surface area contributed by atoms with Crippen LogP contribution in [-0.4, -0.2) is 19.3 Å². The van der Waals surface area contributed by atoms with Crippen molar-refractivity contribution in [1.82, 2.24) is 5.32 Å². The fourth-order valence-electron chi connectivity index (χ4n) is 0.362. The van der Waals surface area contributed by atoms with Crippen molar-refractivity contribution in [3.05, 3.63) is 10.6 Å². The van der Waals surface area contributed by atoms with Gasteiger partial charge < -0.3 is 5.32 Å². The Morgan fingerprint density at radius 1 is 1.45 bits per heavy atom. The van der Waals surface area contributed by atoms with Crippen LogP contribution in [0.3, 0.4) is 0 Å². The molecule has 0 aliphatic rings. The summed E-state index contributed by atoms with van der Waals surface area (Å²) in [6.45, 7) is -1.13. The Hall–Kier alpha value is 0.0700. The summed E-state index contributed by atoms with van der Waals surface area (Å²) in [5, 5.41) is 2.22. The average molecular weight is 208 g/mol. The van der Waals surface area contributed by atoms with Gasteiger partial charge >= 0.3 is 6.18 Å². The fraction of sp³-hybridized carbons (Fsp3) is 0.600. The zero-order valence-corrected chi connectivity index (χ0v) is 6.89. The van der Waals surface area contributed by atoms with Gasteiger partial charge in [0.15, 0.2) is 0 Å². The molecule has 0 saturated heterocycles. The summed E-state index contributed by atoms with van der Waals surface area (Å²) < 4.78 is 34.4. The Bertz CT molecular complexity index is 143. The van der Waals surface area contributed by atoms with Crippen molar-refractivity contribution >= 4 is 23.2 Å². The van der Waals surface area contributed by atoms with Crippen LogP contribution in [0.2, 0.25) is 0 Å². The molecule has 0 rings (SSSR count).